The molecule has 0 atom stereocenters. The van der Waals surface area contributed by atoms with Crippen LogP contribution in [0.25, 0.3) is 17.4 Å². The van der Waals surface area contributed by atoms with Gasteiger partial charge in [-0.1, -0.05) is 30.3 Å². The molecule has 6 heteroatoms. The molecule has 0 spiro atoms. The van der Waals surface area contributed by atoms with Crippen molar-refractivity contribution >= 4 is 23.6 Å². The second-order valence-electron chi connectivity index (χ2n) is 6.23. The summed E-state index contributed by atoms with van der Waals surface area (Å²) >= 11 is 0. The molecule has 6 nitrogen and oxygen atoms in total. The highest BCUT2D eigenvalue weighted by molar-refractivity contribution is 6.09. The van der Waals surface area contributed by atoms with Gasteiger partial charge in [-0.25, -0.2) is 4.79 Å². The number of nitrogens with one attached hydrogen (secondary N) is 1. The number of methoxy groups -OCH3 is 1. The lowest BCUT2D eigenvalue weighted by Gasteiger charge is -2.05. The van der Waals surface area contributed by atoms with Gasteiger partial charge in [0.05, 0.1) is 12.7 Å². The van der Waals surface area contributed by atoms with Crippen LogP contribution in [-0.2, 0) is 9.53 Å². The number of nitriles is 1. The largest absolute Gasteiger partial charge is 0.465 e. The monoisotopic (exact) mass is 386 g/mol. The molecule has 0 radical (unpaired) electrons. The molecule has 0 unspecified atom stereocenters. The molecule has 3 rings (SSSR count). The predicted octanol–water partition coefficient (Wildman–Crippen LogP) is 4.59. The van der Waals surface area contributed by atoms with E-state index in [1.54, 1.807) is 42.5 Å². The number of anilines is 1. The van der Waals surface area contributed by atoms with Crippen LogP contribution in [0.2, 0.25) is 0 Å². The average Bonchev–Trinajstić information content (AvgIpc) is 3.20. The molecule has 1 N–H and O–H groups in total. The number of rotatable bonds is 5. The Morgan fingerprint density at radius 2 is 1.90 bits per heavy atom. The normalized spacial score (nSPS) is 10.9. The maximum absolute atomic E-state index is 12.4. The average molecular weight is 386 g/mol. The van der Waals surface area contributed by atoms with E-state index in [1.165, 1.54) is 13.2 Å². The van der Waals surface area contributed by atoms with Gasteiger partial charge >= 0.3 is 5.97 Å². The van der Waals surface area contributed by atoms with Crippen molar-refractivity contribution in [3.8, 4) is 17.4 Å². The van der Waals surface area contributed by atoms with Crippen molar-refractivity contribution in [1.29, 1.82) is 5.26 Å². The molecule has 1 aromatic heterocycles. The Labute approximate surface area is 168 Å². The third-order valence-electron chi connectivity index (χ3n) is 4.15. The topological polar surface area (TPSA) is 92.3 Å². The maximum atomic E-state index is 12.4. The van der Waals surface area contributed by atoms with Gasteiger partial charge in [0.25, 0.3) is 5.91 Å². The van der Waals surface area contributed by atoms with Gasteiger partial charge in [0, 0.05) is 17.3 Å². The molecule has 3 aromatic rings. The zero-order valence-electron chi connectivity index (χ0n) is 15.9. The summed E-state index contributed by atoms with van der Waals surface area (Å²) < 4.78 is 10.5. The number of amides is 1. The minimum atomic E-state index is -0.536. The zero-order valence-corrected chi connectivity index (χ0v) is 15.9. The number of aryl methyl sites for hydroxylation is 1. The first-order valence-electron chi connectivity index (χ1n) is 8.79. The van der Waals surface area contributed by atoms with Crippen molar-refractivity contribution in [1.82, 2.24) is 0 Å². The van der Waals surface area contributed by atoms with E-state index in [0.29, 0.717) is 28.3 Å². The van der Waals surface area contributed by atoms with Crippen LogP contribution in [0.5, 0.6) is 0 Å². The lowest BCUT2D eigenvalue weighted by Crippen LogP contribution is -2.13. The molecule has 0 aliphatic rings. The van der Waals surface area contributed by atoms with Crippen molar-refractivity contribution in [3.63, 3.8) is 0 Å². The Morgan fingerprint density at radius 3 is 2.62 bits per heavy atom. The van der Waals surface area contributed by atoms with E-state index in [2.05, 4.69) is 5.32 Å². The van der Waals surface area contributed by atoms with Crippen LogP contribution in [0.1, 0.15) is 21.7 Å². The smallest absolute Gasteiger partial charge is 0.338 e. The van der Waals surface area contributed by atoms with Gasteiger partial charge in [0.15, 0.2) is 0 Å². The summed E-state index contributed by atoms with van der Waals surface area (Å²) in [6.45, 7) is 1.91. The summed E-state index contributed by atoms with van der Waals surface area (Å²) in [4.78, 5) is 24.4. The Balaban J connectivity index is 1.86. The van der Waals surface area contributed by atoms with Crippen LogP contribution < -0.4 is 5.32 Å². The Morgan fingerprint density at radius 1 is 1.10 bits per heavy atom. The van der Waals surface area contributed by atoms with E-state index >= 15 is 0 Å². The maximum Gasteiger partial charge on any atom is 0.338 e. The molecule has 29 heavy (non-hydrogen) atoms. The molecule has 0 saturated carbocycles. The van der Waals surface area contributed by atoms with Crippen LogP contribution in [-0.4, -0.2) is 19.0 Å². The number of hydrogen-bond acceptors (Lipinski definition) is 5. The van der Waals surface area contributed by atoms with E-state index in [0.717, 1.165) is 5.56 Å². The number of carbonyl (C=O) groups excluding carboxylic acids is 2. The molecule has 144 valence electrons. The van der Waals surface area contributed by atoms with Crippen LogP contribution in [0.15, 0.2) is 70.7 Å². The van der Waals surface area contributed by atoms with E-state index < -0.39 is 11.9 Å². The molecule has 0 bridgehead atoms. The van der Waals surface area contributed by atoms with Crippen molar-refractivity contribution < 1.29 is 18.7 Å². The highest BCUT2D eigenvalue weighted by atomic mass is 16.5. The molecule has 0 aliphatic carbocycles. The summed E-state index contributed by atoms with van der Waals surface area (Å²) in [6, 6.07) is 19.3. The molecular weight excluding hydrogens is 368 g/mol. The van der Waals surface area contributed by atoms with Gasteiger partial charge in [-0.3, -0.25) is 4.79 Å². The van der Waals surface area contributed by atoms with Crippen LogP contribution in [0.4, 0.5) is 5.69 Å². The van der Waals surface area contributed by atoms with Crippen molar-refractivity contribution in [3.05, 3.63) is 83.1 Å². The molecule has 1 heterocycles. The van der Waals surface area contributed by atoms with E-state index in [4.69, 9.17) is 9.15 Å². The number of benzene rings is 2. The summed E-state index contributed by atoms with van der Waals surface area (Å²) in [7, 11) is 1.31. The fraction of sp³-hybridized carbons (Fsp3) is 0.0870. The van der Waals surface area contributed by atoms with E-state index in [1.807, 2.05) is 31.2 Å². The molecule has 0 fully saturated rings. The standard InChI is InChI=1S/C23H18N2O4/c1-15-6-5-7-17(12-15)25-22(26)16(14-24)13-18-10-11-21(29-18)19-8-3-4-9-20(19)23(27)28-2/h3-13H,1-2H3,(H,25,26)/b16-13+. The van der Waals surface area contributed by atoms with Gasteiger partial charge < -0.3 is 14.5 Å². The molecule has 1 amide bonds. The van der Waals surface area contributed by atoms with Gasteiger partial charge in [-0.05, 0) is 42.8 Å². The second-order valence-corrected chi connectivity index (χ2v) is 6.23. The molecule has 0 aliphatic heterocycles. The van der Waals surface area contributed by atoms with Gasteiger partial charge in [0.2, 0.25) is 0 Å². The Hall–Kier alpha value is -4.11. The van der Waals surface area contributed by atoms with Crippen LogP contribution >= 0.6 is 0 Å². The number of hydrogen-bond donors (Lipinski definition) is 1. The van der Waals surface area contributed by atoms with Gasteiger partial charge in [-0.2, -0.15) is 5.26 Å². The second kappa shape index (κ2) is 8.72. The Bertz CT molecular complexity index is 1140. The first-order valence-corrected chi connectivity index (χ1v) is 8.79. The first-order chi connectivity index (χ1) is 14.0. The fourth-order valence-corrected chi connectivity index (χ4v) is 2.77. The third-order valence-corrected chi connectivity index (χ3v) is 4.15. The number of nitrogens with zero attached hydrogens (tertiary/aromatic N) is 1. The van der Waals surface area contributed by atoms with Crippen molar-refractivity contribution in [2.75, 3.05) is 12.4 Å². The molecule has 2 aromatic carbocycles. The fourth-order valence-electron chi connectivity index (χ4n) is 2.77. The number of esters is 1. The first kappa shape index (κ1) is 19.6. The van der Waals surface area contributed by atoms with E-state index in [9.17, 15) is 14.9 Å². The van der Waals surface area contributed by atoms with Crippen LogP contribution in [0, 0.1) is 18.3 Å². The minimum Gasteiger partial charge on any atom is -0.465 e. The Kier molecular flexibility index (Phi) is 5.91. The lowest BCUT2D eigenvalue weighted by molar-refractivity contribution is -0.112. The SMILES string of the molecule is COC(=O)c1ccccc1-c1ccc(/C=C(\C#N)C(=O)Nc2cccc(C)c2)o1. The van der Waals surface area contributed by atoms with Crippen molar-refractivity contribution in [2.45, 2.75) is 6.92 Å². The summed E-state index contributed by atoms with van der Waals surface area (Å²) in [6.07, 6.45) is 1.36. The molecule has 0 saturated heterocycles. The number of carbonyl (C=O) groups is 2. The quantitative estimate of drug-likeness (QED) is 0.393. The third kappa shape index (κ3) is 4.60. The van der Waals surface area contributed by atoms with Gasteiger partial charge in [-0.15, -0.1) is 0 Å². The highest BCUT2D eigenvalue weighted by Crippen LogP contribution is 2.27. The minimum absolute atomic E-state index is 0.103. The highest BCUT2D eigenvalue weighted by Gasteiger charge is 2.16. The summed E-state index contributed by atoms with van der Waals surface area (Å²) in [5, 5.41) is 12.1. The number of furan rings is 1. The number of ether oxygens (including phenoxy) is 1. The van der Waals surface area contributed by atoms with Crippen LogP contribution in [0.3, 0.4) is 0 Å². The summed E-state index contributed by atoms with van der Waals surface area (Å²) in [5.41, 5.74) is 2.40. The zero-order chi connectivity index (χ0) is 20.8. The van der Waals surface area contributed by atoms with Crippen molar-refractivity contribution in [2.24, 2.45) is 0 Å². The summed E-state index contributed by atoms with van der Waals surface area (Å²) in [5.74, 6) is -0.278. The van der Waals surface area contributed by atoms with E-state index in [-0.39, 0.29) is 5.57 Å². The van der Waals surface area contributed by atoms with Gasteiger partial charge in [0.1, 0.15) is 23.2 Å². The predicted molar refractivity (Wildman–Crippen MR) is 109 cm³/mol. The molecular formula is C23H18N2O4. The lowest BCUT2D eigenvalue weighted by atomic mass is 10.1.